The van der Waals surface area contributed by atoms with Gasteiger partial charge in [0.2, 0.25) is 11.8 Å². The second-order valence-corrected chi connectivity index (χ2v) is 6.03. The third kappa shape index (κ3) is 5.48. The highest BCUT2D eigenvalue weighted by Gasteiger charge is 2.22. The number of carbonyl (C=O) groups is 3. The molecule has 1 aliphatic rings. The third-order valence-electron chi connectivity index (χ3n) is 4.17. The highest BCUT2D eigenvalue weighted by atomic mass is 16.5. The lowest BCUT2D eigenvalue weighted by atomic mass is 10.2. The average molecular weight is 347 g/mol. The lowest BCUT2D eigenvalue weighted by molar-refractivity contribution is -0.132. The van der Waals surface area contributed by atoms with Crippen molar-refractivity contribution in [2.45, 2.75) is 25.7 Å². The Labute approximate surface area is 147 Å². The van der Waals surface area contributed by atoms with Gasteiger partial charge in [-0.15, -0.1) is 0 Å². The summed E-state index contributed by atoms with van der Waals surface area (Å²) in [5.41, 5.74) is 0.798. The Bertz CT molecular complexity index is 633. The van der Waals surface area contributed by atoms with Crippen molar-refractivity contribution < 1.29 is 19.1 Å². The summed E-state index contributed by atoms with van der Waals surface area (Å²) in [6, 6.07) is 7.22. The van der Waals surface area contributed by atoms with Gasteiger partial charge < -0.3 is 19.9 Å². The molecule has 1 aliphatic heterocycles. The van der Waals surface area contributed by atoms with Gasteiger partial charge in [-0.3, -0.25) is 14.4 Å². The molecule has 0 spiro atoms. The highest BCUT2D eigenvalue weighted by Crippen LogP contribution is 2.25. The number of carbonyl (C=O) groups excluding carboxylic acids is 3. The molecule has 0 unspecified atom stereocenters. The summed E-state index contributed by atoms with van der Waals surface area (Å²) in [4.78, 5) is 38.4. The van der Waals surface area contributed by atoms with Crippen LogP contribution in [0.1, 0.15) is 25.7 Å². The first kappa shape index (κ1) is 18.8. The Balaban J connectivity index is 1.81. The first-order valence-corrected chi connectivity index (χ1v) is 8.49. The van der Waals surface area contributed by atoms with Gasteiger partial charge in [-0.05, 0) is 25.0 Å². The first-order valence-electron chi connectivity index (χ1n) is 8.49. The van der Waals surface area contributed by atoms with E-state index in [1.165, 1.54) is 0 Å². The molecule has 0 aromatic heterocycles. The van der Waals surface area contributed by atoms with Gasteiger partial charge in [0.25, 0.3) is 5.91 Å². The van der Waals surface area contributed by atoms with Crippen LogP contribution in [0.25, 0.3) is 0 Å². The molecule has 1 heterocycles. The van der Waals surface area contributed by atoms with Gasteiger partial charge in [0, 0.05) is 51.8 Å². The number of anilines is 1. The molecule has 1 N–H and O–H groups in total. The Morgan fingerprint density at radius 3 is 2.84 bits per heavy atom. The largest absolute Gasteiger partial charge is 0.484 e. The number of ether oxygens (including phenoxy) is 1. The number of nitrogens with zero attached hydrogens (tertiary/aromatic N) is 2. The molecule has 0 bridgehead atoms. The van der Waals surface area contributed by atoms with E-state index in [1.54, 1.807) is 36.0 Å². The maximum absolute atomic E-state index is 12.1. The first-order chi connectivity index (χ1) is 12.0. The van der Waals surface area contributed by atoms with Crippen molar-refractivity contribution in [2.24, 2.45) is 0 Å². The van der Waals surface area contributed by atoms with Gasteiger partial charge in [0.05, 0.1) is 0 Å². The fourth-order valence-electron chi connectivity index (χ4n) is 2.64. The van der Waals surface area contributed by atoms with Gasteiger partial charge in [-0.1, -0.05) is 6.07 Å². The van der Waals surface area contributed by atoms with Crippen LogP contribution in [0, 0.1) is 0 Å². The fraction of sp³-hybridized carbons (Fsp3) is 0.500. The van der Waals surface area contributed by atoms with Crippen LogP contribution >= 0.6 is 0 Å². The second-order valence-electron chi connectivity index (χ2n) is 6.03. The van der Waals surface area contributed by atoms with E-state index in [0.717, 1.165) is 18.7 Å². The maximum Gasteiger partial charge on any atom is 0.260 e. The van der Waals surface area contributed by atoms with Crippen molar-refractivity contribution in [1.29, 1.82) is 0 Å². The molecule has 0 radical (unpaired) electrons. The highest BCUT2D eigenvalue weighted by molar-refractivity contribution is 5.95. The molecule has 136 valence electrons. The predicted molar refractivity (Wildman–Crippen MR) is 94.5 cm³/mol. The van der Waals surface area contributed by atoms with Crippen LogP contribution in [-0.4, -0.2) is 56.4 Å². The SMILES string of the molecule is CNC(=O)CCCN(C)C(=O)COc1cccc(N2CCCC2=O)c1. The topological polar surface area (TPSA) is 79.0 Å². The second kappa shape index (κ2) is 9.05. The molecule has 3 amide bonds. The zero-order valence-corrected chi connectivity index (χ0v) is 14.8. The minimum absolute atomic E-state index is 0.0367. The van der Waals surface area contributed by atoms with Crippen molar-refractivity contribution in [1.82, 2.24) is 10.2 Å². The lowest BCUT2D eigenvalue weighted by Gasteiger charge is -2.19. The fourth-order valence-corrected chi connectivity index (χ4v) is 2.64. The summed E-state index contributed by atoms with van der Waals surface area (Å²) in [5, 5.41) is 2.55. The average Bonchev–Trinajstić information content (AvgIpc) is 3.05. The quantitative estimate of drug-likeness (QED) is 0.766. The van der Waals surface area contributed by atoms with Gasteiger partial charge in [0.15, 0.2) is 6.61 Å². The van der Waals surface area contributed by atoms with Crippen LogP contribution < -0.4 is 15.0 Å². The van der Waals surface area contributed by atoms with Crippen LogP contribution in [0.2, 0.25) is 0 Å². The van der Waals surface area contributed by atoms with E-state index < -0.39 is 0 Å². The van der Waals surface area contributed by atoms with Crippen molar-refractivity contribution in [2.75, 3.05) is 38.7 Å². The molecule has 7 nitrogen and oxygen atoms in total. The van der Waals surface area contributed by atoms with Crippen LogP contribution in [0.3, 0.4) is 0 Å². The zero-order valence-electron chi connectivity index (χ0n) is 14.8. The van der Waals surface area contributed by atoms with Crippen molar-refractivity contribution >= 4 is 23.4 Å². The Morgan fingerprint density at radius 1 is 1.36 bits per heavy atom. The Kier molecular flexibility index (Phi) is 6.80. The Hall–Kier alpha value is -2.57. The predicted octanol–water partition coefficient (Wildman–Crippen LogP) is 1.18. The van der Waals surface area contributed by atoms with E-state index in [-0.39, 0.29) is 24.3 Å². The lowest BCUT2D eigenvalue weighted by Crippen LogP contribution is -2.33. The number of amides is 3. The minimum atomic E-state index is -0.153. The van der Waals surface area contributed by atoms with Crippen LogP contribution in [0.5, 0.6) is 5.75 Å². The van der Waals surface area contributed by atoms with E-state index in [9.17, 15) is 14.4 Å². The zero-order chi connectivity index (χ0) is 18.2. The molecule has 0 atom stereocenters. The third-order valence-corrected chi connectivity index (χ3v) is 4.17. The number of hydrogen-bond donors (Lipinski definition) is 1. The normalized spacial score (nSPS) is 13.7. The van der Waals surface area contributed by atoms with Gasteiger partial charge >= 0.3 is 0 Å². The number of rotatable bonds is 8. The molecule has 1 aromatic rings. The molecule has 1 fully saturated rings. The number of nitrogens with one attached hydrogen (secondary N) is 1. The summed E-state index contributed by atoms with van der Waals surface area (Å²) in [7, 11) is 3.28. The maximum atomic E-state index is 12.1. The molecule has 25 heavy (non-hydrogen) atoms. The van der Waals surface area contributed by atoms with Crippen molar-refractivity contribution in [3.8, 4) is 5.75 Å². The molecule has 7 heteroatoms. The number of benzene rings is 1. The van der Waals surface area contributed by atoms with E-state index in [4.69, 9.17) is 4.74 Å². The minimum Gasteiger partial charge on any atom is -0.484 e. The van der Waals surface area contributed by atoms with Crippen molar-refractivity contribution in [3.63, 3.8) is 0 Å². The number of hydrogen-bond acceptors (Lipinski definition) is 4. The standard InChI is InChI=1S/C18H25N3O4/c1-19-16(22)8-4-10-20(2)18(24)13-25-15-7-3-6-14(12-15)21-11-5-9-17(21)23/h3,6-7,12H,4-5,8-11,13H2,1-2H3,(H,19,22). The smallest absolute Gasteiger partial charge is 0.260 e. The van der Waals surface area contributed by atoms with Crippen LogP contribution in [-0.2, 0) is 14.4 Å². The Morgan fingerprint density at radius 2 is 2.16 bits per heavy atom. The summed E-state index contributed by atoms with van der Waals surface area (Å²) >= 11 is 0. The summed E-state index contributed by atoms with van der Waals surface area (Å²) in [6.07, 6.45) is 2.43. The van der Waals surface area contributed by atoms with E-state index in [2.05, 4.69) is 5.32 Å². The molecule has 0 saturated carbocycles. The van der Waals surface area contributed by atoms with E-state index in [0.29, 0.717) is 31.6 Å². The van der Waals surface area contributed by atoms with Crippen LogP contribution in [0.4, 0.5) is 5.69 Å². The molecular formula is C18H25N3O4. The summed E-state index contributed by atoms with van der Waals surface area (Å²) in [6.45, 7) is 1.14. The molecule has 2 rings (SSSR count). The molecule has 1 aromatic carbocycles. The van der Waals surface area contributed by atoms with Crippen LogP contribution in [0.15, 0.2) is 24.3 Å². The molecule has 1 saturated heterocycles. The molecule has 0 aliphatic carbocycles. The summed E-state index contributed by atoms with van der Waals surface area (Å²) < 4.78 is 5.56. The van der Waals surface area contributed by atoms with Crippen molar-refractivity contribution in [3.05, 3.63) is 24.3 Å². The van der Waals surface area contributed by atoms with Gasteiger partial charge in [0.1, 0.15) is 5.75 Å². The van der Waals surface area contributed by atoms with E-state index in [1.807, 2.05) is 12.1 Å². The van der Waals surface area contributed by atoms with Gasteiger partial charge in [-0.2, -0.15) is 0 Å². The molecular weight excluding hydrogens is 322 g/mol. The monoisotopic (exact) mass is 347 g/mol. The summed E-state index contributed by atoms with van der Waals surface area (Å²) in [5.74, 6) is 0.485. The number of likely N-dealkylation sites (N-methyl/N-ethyl adjacent to an activating group) is 1. The van der Waals surface area contributed by atoms with Gasteiger partial charge in [-0.25, -0.2) is 0 Å². The van der Waals surface area contributed by atoms with E-state index >= 15 is 0 Å².